The topological polar surface area (TPSA) is 172 Å². The van der Waals surface area contributed by atoms with E-state index < -0.39 is 46.3 Å². The van der Waals surface area contributed by atoms with E-state index in [0.717, 1.165) is 0 Å². The zero-order valence-corrected chi connectivity index (χ0v) is 25.7. The first kappa shape index (κ1) is 33.5. The standard InChI is InChI=1S/C33H36FN3O7S/c1-20(2)37-28(17-14-25(38)18-26(39)19-29(40)41)30(22-8-10-23(34)11-9-22)31(21-6-4-3-5-7-21)32(37)33(42)36-24-12-15-27(16-13-24)45(35,43)44/h3-13,15-16,20,25-26,38-39H,14,17-19H2,1-2H3,(H,36,42)(H,40,41)(H2,35,43,44)/t25-,26-/m1/s1. The number of rotatable bonds is 13. The van der Waals surface area contributed by atoms with Gasteiger partial charge in [-0.1, -0.05) is 42.5 Å². The highest BCUT2D eigenvalue weighted by Gasteiger charge is 2.30. The molecule has 2 atom stereocenters. The van der Waals surface area contributed by atoms with Gasteiger partial charge in [0.15, 0.2) is 0 Å². The van der Waals surface area contributed by atoms with Gasteiger partial charge in [0.05, 0.1) is 23.5 Å². The predicted molar refractivity (Wildman–Crippen MR) is 169 cm³/mol. The first-order valence-electron chi connectivity index (χ1n) is 14.4. The van der Waals surface area contributed by atoms with E-state index in [9.17, 15) is 32.6 Å². The summed E-state index contributed by atoms with van der Waals surface area (Å²) >= 11 is 0. The molecule has 3 aromatic carbocycles. The molecule has 0 bridgehead atoms. The van der Waals surface area contributed by atoms with Gasteiger partial charge in [0, 0.05) is 28.6 Å². The minimum Gasteiger partial charge on any atom is -0.481 e. The van der Waals surface area contributed by atoms with Gasteiger partial charge in [-0.3, -0.25) is 9.59 Å². The van der Waals surface area contributed by atoms with Crippen LogP contribution >= 0.6 is 0 Å². The van der Waals surface area contributed by atoms with Gasteiger partial charge in [-0.25, -0.2) is 17.9 Å². The van der Waals surface area contributed by atoms with Crippen molar-refractivity contribution in [2.45, 2.75) is 62.7 Å². The lowest BCUT2D eigenvalue weighted by molar-refractivity contribution is -0.139. The fourth-order valence-electron chi connectivity index (χ4n) is 5.43. The van der Waals surface area contributed by atoms with Crippen LogP contribution in [-0.4, -0.2) is 52.4 Å². The summed E-state index contributed by atoms with van der Waals surface area (Å²) in [7, 11) is -3.93. The van der Waals surface area contributed by atoms with Crippen molar-refractivity contribution in [2.75, 3.05) is 5.32 Å². The molecule has 6 N–H and O–H groups in total. The number of nitrogens with one attached hydrogen (secondary N) is 1. The van der Waals surface area contributed by atoms with Crippen molar-refractivity contribution in [1.29, 1.82) is 0 Å². The zero-order valence-electron chi connectivity index (χ0n) is 24.9. The Morgan fingerprint density at radius 1 is 0.889 bits per heavy atom. The van der Waals surface area contributed by atoms with Crippen LogP contribution in [0.15, 0.2) is 83.8 Å². The number of primary sulfonamides is 1. The van der Waals surface area contributed by atoms with Crippen molar-refractivity contribution >= 4 is 27.6 Å². The third-order valence-electron chi connectivity index (χ3n) is 7.34. The predicted octanol–water partition coefficient (Wildman–Crippen LogP) is 4.96. The summed E-state index contributed by atoms with van der Waals surface area (Å²) < 4.78 is 39.4. The molecule has 0 fully saturated rings. The van der Waals surface area contributed by atoms with E-state index in [-0.39, 0.29) is 30.2 Å². The van der Waals surface area contributed by atoms with Crippen molar-refractivity contribution in [2.24, 2.45) is 5.14 Å². The number of benzene rings is 3. The SMILES string of the molecule is CC(C)n1c(CC[C@@H](O)C[C@@H](O)CC(=O)O)c(-c2ccc(F)cc2)c(-c2ccccc2)c1C(=O)Nc1ccc(S(N)(=O)=O)cc1. The molecule has 1 heterocycles. The minimum absolute atomic E-state index is 0.107. The Morgan fingerprint density at radius 3 is 2.04 bits per heavy atom. The second kappa shape index (κ2) is 14.2. The number of nitrogens with two attached hydrogens (primary N) is 1. The summed E-state index contributed by atoms with van der Waals surface area (Å²) in [6.45, 7) is 3.80. The summed E-state index contributed by atoms with van der Waals surface area (Å²) in [6.07, 6.45) is -2.53. The largest absolute Gasteiger partial charge is 0.481 e. The molecule has 0 radical (unpaired) electrons. The number of hydrogen-bond acceptors (Lipinski definition) is 6. The number of aliphatic hydroxyl groups is 2. The highest BCUT2D eigenvalue weighted by molar-refractivity contribution is 7.89. The Bertz CT molecular complexity index is 1750. The highest BCUT2D eigenvalue weighted by atomic mass is 32.2. The molecule has 4 aromatic rings. The maximum Gasteiger partial charge on any atom is 0.305 e. The number of carbonyl (C=O) groups excluding carboxylic acids is 1. The minimum atomic E-state index is -3.93. The number of hydrogen-bond donors (Lipinski definition) is 5. The highest BCUT2D eigenvalue weighted by Crippen LogP contribution is 2.43. The van der Waals surface area contributed by atoms with E-state index in [4.69, 9.17) is 10.2 Å². The second-order valence-electron chi connectivity index (χ2n) is 11.1. The van der Waals surface area contributed by atoms with Gasteiger partial charge in [0.25, 0.3) is 5.91 Å². The summed E-state index contributed by atoms with van der Waals surface area (Å²) in [6, 6.07) is 20.3. The molecule has 0 saturated carbocycles. The molecule has 0 aliphatic heterocycles. The molecule has 0 aliphatic rings. The van der Waals surface area contributed by atoms with Gasteiger partial charge >= 0.3 is 5.97 Å². The molecular formula is C33H36FN3O7S. The number of aromatic nitrogens is 1. The normalized spacial score (nSPS) is 13.0. The molecule has 1 aromatic heterocycles. The van der Waals surface area contributed by atoms with E-state index in [0.29, 0.717) is 39.3 Å². The average molecular weight is 638 g/mol. The van der Waals surface area contributed by atoms with Crippen molar-refractivity contribution in [3.05, 3.63) is 96.1 Å². The first-order chi connectivity index (χ1) is 21.3. The number of carboxylic acid groups (broad SMARTS) is 1. The van der Waals surface area contributed by atoms with Crippen LogP contribution in [0.25, 0.3) is 22.3 Å². The van der Waals surface area contributed by atoms with Gasteiger partial charge in [0.2, 0.25) is 10.0 Å². The Labute approximate surface area is 261 Å². The molecule has 12 heteroatoms. The molecule has 0 spiro atoms. The molecule has 0 unspecified atom stereocenters. The van der Waals surface area contributed by atoms with Gasteiger partial charge < -0.3 is 25.2 Å². The third-order valence-corrected chi connectivity index (χ3v) is 8.27. The smallest absolute Gasteiger partial charge is 0.305 e. The Balaban J connectivity index is 1.88. The number of aliphatic carboxylic acids is 1. The molecule has 1 amide bonds. The van der Waals surface area contributed by atoms with Crippen LogP contribution in [0, 0.1) is 5.82 Å². The third kappa shape index (κ3) is 8.22. The number of sulfonamides is 1. The quantitative estimate of drug-likeness (QED) is 0.138. The fourth-order valence-corrected chi connectivity index (χ4v) is 5.94. The monoisotopic (exact) mass is 637 g/mol. The number of carbonyl (C=O) groups is 2. The summed E-state index contributed by atoms with van der Waals surface area (Å²) in [5.74, 6) is -2.10. The van der Waals surface area contributed by atoms with Crippen LogP contribution in [0.1, 0.15) is 55.3 Å². The van der Waals surface area contributed by atoms with Crippen LogP contribution in [0.2, 0.25) is 0 Å². The number of carboxylic acids is 1. The lowest BCUT2D eigenvalue weighted by atomic mass is 9.92. The van der Waals surface area contributed by atoms with Gasteiger partial charge in [-0.2, -0.15) is 0 Å². The zero-order chi connectivity index (χ0) is 32.9. The summed E-state index contributed by atoms with van der Waals surface area (Å²) in [5, 5.41) is 37.9. The van der Waals surface area contributed by atoms with Crippen molar-refractivity contribution in [1.82, 2.24) is 4.57 Å². The van der Waals surface area contributed by atoms with Crippen LogP contribution in [0.5, 0.6) is 0 Å². The Kier molecular flexibility index (Phi) is 10.6. The number of nitrogens with zero attached hydrogens (tertiary/aromatic N) is 1. The number of aliphatic hydroxyl groups excluding tert-OH is 2. The molecule has 238 valence electrons. The van der Waals surface area contributed by atoms with Crippen molar-refractivity contribution < 1.29 is 37.7 Å². The van der Waals surface area contributed by atoms with Crippen molar-refractivity contribution in [3.63, 3.8) is 0 Å². The molecular weight excluding hydrogens is 601 g/mol. The number of halogens is 1. The van der Waals surface area contributed by atoms with E-state index in [1.807, 2.05) is 48.7 Å². The average Bonchev–Trinajstić information content (AvgIpc) is 3.32. The van der Waals surface area contributed by atoms with Gasteiger partial charge in [-0.15, -0.1) is 0 Å². The van der Waals surface area contributed by atoms with Crippen LogP contribution < -0.4 is 10.5 Å². The van der Waals surface area contributed by atoms with E-state index >= 15 is 0 Å². The van der Waals surface area contributed by atoms with E-state index in [1.165, 1.54) is 36.4 Å². The van der Waals surface area contributed by atoms with Crippen LogP contribution in [-0.2, 0) is 21.2 Å². The number of amides is 1. The molecule has 0 saturated heterocycles. The van der Waals surface area contributed by atoms with Gasteiger partial charge in [-0.05, 0) is 80.6 Å². The maximum atomic E-state index is 14.2. The number of anilines is 1. The van der Waals surface area contributed by atoms with Crippen molar-refractivity contribution in [3.8, 4) is 22.3 Å². The molecule has 4 rings (SSSR count). The molecule has 10 nitrogen and oxygen atoms in total. The van der Waals surface area contributed by atoms with Gasteiger partial charge in [0.1, 0.15) is 11.5 Å². The summed E-state index contributed by atoms with van der Waals surface area (Å²) in [5.41, 5.74) is 3.88. The fraction of sp³-hybridized carbons (Fsp3) is 0.273. The van der Waals surface area contributed by atoms with Crippen LogP contribution in [0.3, 0.4) is 0 Å². The molecule has 45 heavy (non-hydrogen) atoms. The Morgan fingerprint density at radius 2 is 1.49 bits per heavy atom. The van der Waals surface area contributed by atoms with Crippen LogP contribution in [0.4, 0.5) is 10.1 Å². The lowest BCUT2D eigenvalue weighted by Crippen LogP contribution is -2.23. The summed E-state index contributed by atoms with van der Waals surface area (Å²) in [4.78, 5) is 25.1. The Hall–Kier alpha value is -4.36. The maximum absolute atomic E-state index is 14.2. The lowest BCUT2D eigenvalue weighted by Gasteiger charge is -2.20. The van der Waals surface area contributed by atoms with E-state index in [1.54, 1.807) is 12.1 Å². The first-order valence-corrected chi connectivity index (χ1v) is 15.9. The molecule has 0 aliphatic carbocycles. The second-order valence-corrected chi connectivity index (χ2v) is 12.6. The van der Waals surface area contributed by atoms with E-state index in [2.05, 4.69) is 5.32 Å².